The van der Waals surface area contributed by atoms with Gasteiger partial charge in [0.2, 0.25) is 5.91 Å². The Morgan fingerprint density at radius 2 is 1.96 bits per heavy atom. The van der Waals surface area contributed by atoms with Crippen molar-refractivity contribution in [2.75, 3.05) is 26.8 Å². The summed E-state index contributed by atoms with van der Waals surface area (Å²) in [5.74, 6) is -0.744. The Balaban J connectivity index is 1.86. The molecule has 2 amide bonds. The Morgan fingerprint density at radius 3 is 2.59 bits per heavy atom. The molecule has 3 N–H and O–H groups in total. The van der Waals surface area contributed by atoms with Crippen LogP contribution >= 0.6 is 0 Å². The van der Waals surface area contributed by atoms with Crippen LogP contribution in [0.4, 0.5) is 0 Å². The van der Waals surface area contributed by atoms with Crippen molar-refractivity contribution in [3.8, 4) is 0 Å². The summed E-state index contributed by atoms with van der Waals surface area (Å²) in [6, 6.07) is 4.63. The number of nitrogens with one attached hydrogen (secondary N) is 1. The summed E-state index contributed by atoms with van der Waals surface area (Å²) in [5.41, 5.74) is 5.04. The van der Waals surface area contributed by atoms with E-state index in [4.69, 9.17) is 10.5 Å². The zero-order valence-electron chi connectivity index (χ0n) is 15.1. The fourth-order valence-electron chi connectivity index (χ4n) is 3.32. The molecule has 1 fully saturated rings. The van der Waals surface area contributed by atoms with Crippen molar-refractivity contribution in [1.82, 2.24) is 14.5 Å². The first-order valence-corrected chi connectivity index (χ1v) is 8.76. The summed E-state index contributed by atoms with van der Waals surface area (Å²) in [4.78, 5) is 52.9. The third-order valence-electron chi connectivity index (χ3n) is 4.93. The molecule has 1 saturated heterocycles. The lowest BCUT2D eigenvalue weighted by Gasteiger charge is -2.30. The molecule has 9 heteroatoms. The molecule has 0 aliphatic carbocycles. The van der Waals surface area contributed by atoms with Gasteiger partial charge in [0.25, 0.3) is 11.5 Å². The van der Waals surface area contributed by atoms with Gasteiger partial charge in [0.05, 0.1) is 24.1 Å². The van der Waals surface area contributed by atoms with Gasteiger partial charge in [0.15, 0.2) is 0 Å². The number of nitrogens with two attached hydrogens (primary N) is 1. The number of aromatic amines is 1. The predicted octanol–water partition coefficient (Wildman–Crippen LogP) is -0.326. The van der Waals surface area contributed by atoms with Gasteiger partial charge in [-0.15, -0.1) is 0 Å². The second kappa shape index (κ2) is 7.75. The molecule has 0 radical (unpaired) electrons. The number of amides is 2. The third kappa shape index (κ3) is 3.77. The van der Waals surface area contributed by atoms with Crippen LogP contribution in [0.25, 0.3) is 10.9 Å². The number of ether oxygens (including phenoxy) is 1. The Labute approximate surface area is 154 Å². The van der Waals surface area contributed by atoms with Crippen LogP contribution in [0.15, 0.2) is 27.8 Å². The highest BCUT2D eigenvalue weighted by Crippen LogP contribution is 2.19. The standard InChI is InChI=1S/C18H22N4O5/c1-27-9-8-22-17(25)13-3-2-12(10-14(13)20-18(22)26)16(24)21-6-4-11(5-7-21)15(19)23/h2-3,10-11H,4-9H2,1H3,(H2,19,23)(H,20,26). The minimum absolute atomic E-state index is 0.149. The molecule has 144 valence electrons. The summed E-state index contributed by atoms with van der Waals surface area (Å²) in [7, 11) is 1.49. The number of benzene rings is 1. The number of aromatic nitrogens is 2. The van der Waals surface area contributed by atoms with Crippen LogP contribution in [0.1, 0.15) is 23.2 Å². The molecule has 0 spiro atoms. The number of piperidine rings is 1. The van der Waals surface area contributed by atoms with Gasteiger partial charge < -0.3 is 20.4 Å². The van der Waals surface area contributed by atoms with Gasteiger partial charge in [-0.3, -0.25) is 19.0 Å². The first kappa shape index (κ1) is 18.8. The smallest absolute Gasteiger partial charge is 0.328 e. The molecule has 1 aromatic carbocycles. The summed E-state index contributed by atoms with van der Waals surface area (Å²) in [6.45, 7) is 1.28. The van der Waals surface area contributed by atoms with Crippen LogP contribution in [0, 0.1) is 5.92 Å². The van der Waals surface area contributed by atoms with Crippen LogP contribution in [0.3, 0.4) is 0 Å². The van der Waals surface area contributed by atoms with Gasteiger partial charge in [-0.1, -0.05) is 0 Å². The molecule has 1 aliphatic rings. The van der Waals surface area contributed by atoms with Gasteiger partial charge in [-0.2, -0.15) is 0 Å². The molecule has 2 heterocycles. The molecule has 1 aliphatic heterocycles. The maximum atomic E-state index is 12.7. The molecule has 9 nitrogen and oxygen atoms in total. The number of likely N-dealkylation sites (tertiary alicyclic amines) is 1. The Bertz CT molecular complexity index is 985. The summed E-state index contributed by atoms with van der Waals surface area (Å²) in [5, 5.41) is 0.328. The number of methoxy groups -OCH3 is 1. The number of rotatable bonds is 5. The highest BCUT2D eigenvalue weighted by molar-refractivity contribution is 5.97. The Hall–Kier alpha value is -2.94. The van der Waals surface area contributed by atoms with E-state index in [-0.39, 0.29) is 30.9 Å². The Morgan fingerprint density at radius 1 is 1.26 bits per heavy atom. The molecule has 0 unspecified atom stereocenters. The minimum atomic E-state index is -0.545. The molecule has 0 atom stereocenters. The SMILES string of the molecule is COCCn1c(=O)[nH]c2cc(C(=O)N3CCC(C(N)=O)CC3)ccc2c1=O. The van der Waals surface area contributed by atoms with Gasteiger partial charge in [-0.05, 0) is 31.0 Å². The van der Waals surface area contributed by atoms with Crippen molar-refractivity contribution < 1.29 is 14.3 Å². The second-order valence-corrected chi connectivity index (χ2v) is 6.61. The van der Waals surface area contributed by atoms with Crippen molar-refractivity contribution in [2.24, 2.45) is 11.7 Å². The highest BCUT2D eigenvalue weighted by Gasteiger charge is 2.26. The number of primary amides is 1. The number of hydrogen-bond donors (Lipinski definition) is 2. The van der Waals surface area contributed by atoms with E-state index in [1.54, 1.807) is 17.0 Å². The quantitative estimate of drug-likeness (QED) is 0.741. The third-order valence-corrected chi connectivity index (χ3v) is 4.93. The molecule has 0 bridgehead atoms. The number of H-pyrrole nitrogens is 1. The first-order valence-electron chi connectivity index (χ1n) is 8.76. The summed E-state index contributed by atoms with van der Waals surface area (Å²) in [6.07, 6.45) is 1.07. The van der Waals surface area contributed by atoms with Crippen LogP contribution in [0.5, 0.6) is 0 Å². The topological polar surface area (TPSA) is 127 Å². The molecule has 2 aromatic rings. The number of hydrogen-bond acceptors (Lipinski definition) is 5. The van der Waals surface area contributed by atoms with Crippen LogP contribution in [0.2, 0.25) is 0 Å². The molecular weight excluding hydrogens is 352 g/mol. The number of nitrogens with zero attached hydrogens (tertiary/aromatic N) is 2. The maximum absolute atomic E-state index is 12.7. The van der Waals surface area contributed by atoms with E-state index in [1.807, 2.05) is 0 Å². The van der Waals surface area contributed by atoms with E-state index >= 15 is 0 Å². The first-order chi connectivity index (χ1) is 12.9. The van der Waals surface area contributed by atoms with Gasteiger partial charge in [-0.25, -0.2) is 4.79 Å². The van der Waals surface area contributed by atoms with Gasteiger partial charge in [0.1, 0.15) is 0 Å². The van der Waals surface area contributed by atoms with Crippen molar-refractivity contribution in [1.29, 1.82) is 0 Å². The fourth-order valence-corrected chi connectivity index (χ4v) is 3.32. The highest BCUT2D eigenvalue weighted by atomic mass is 16.5. The van der Waals surface area contributed by atoms with Crippen molar-refractivity contribution in [3.05, 3.63) is 44.6 Å². The lowest BCUT2D eigenvalue weighted by atomic mass is 9.96. The molecule has 1 aromatic heterocycles. The maximum Gasteiger partial charge on any atom is 0.328 e. The second-order valence-electron chi connectivity index (χ2n) is 6.61. The predicted molar refractivity (Wildman–Crippen MR) is 98.5 cm³/mol. The molecule has 0 saturated carbocycles. The monoisotopic (exact) mass is 374 g/mol. The average Bonchev–Trinajstić information content (AvgIpc) is 2.67. The number of carbonyl (C=O) groups is 2. The van der Waals surface area contributed by atoms with E-state index in [0.29, 0.717) is 42.4 Å². The fraction of sp³-hybridized carbons (Fsp3) is 0.444. The summed E-state index contributed by atoms with van der Waals surface area (Å²) < 4.78 is 5.99. The van der Waals surface area contributed by atoms with E-state index in [2.05, 4.69) is 4.98 Å². The van der Waals surface area contributed by atoms with Crippen LogP contribution < -0.4 is 17.0 Å². The van der Waals surface area contributed by atoms with E-state index in [9.17, 15) is 19.2 Å². The van der Waals surface area contributed by atoms with Crippen molar-refractivity contribution in [2.45, 2.75) is 19.4 Å². The largest absolute Gasteiger partial charge is 0.383 e. The van der Waals surface area contributed by atoms with Crippen LogP contribution in [-0.2, 0) is 16.1 Å². The number of carbonyl (C=O) groups excluding carboxylic acids is 2. The zero-order valence-corrected chi connectivity index (χ0v) is 15.1. The average molecular weight is 374 g/mol. The Kier molecular flexibility index (Phi) is 5.41. The zero-order chi connectivity index (χ0) is 19.6. The van der Waals surface area contributed by atoms with Crippen LogP contribution in [-0.4, -0.2) is 53.1 Å². The lowest BCUT2D eigenvalue weighted by molar-refractivity contribution is -0.123. The normalized spacial score (nSPS) is 15.2. The van der Waals surface area contributed by atoms with E-state index in [1.165, 1.54) is 13.2 Å². The van der Waals surface area contributed by atoms with E-state index < -0.39 is 11.2 Å². The summed E-state index contributed by atoms with van der Waals surface area (Å²) >= 11 is 0. The van der Waals surface area contributed by atoms with Gasteiger partial charge in [0, 0.05) is 31.7 Å². The molecule has 27 heavy (non-hydrogen) atoms. The van der Waals surface area contributed by atoms with Crippen molar-refractivity contribution >= 4 is 22.7 Å². The number of fused-ring (bicyclic) bond motifs is 1. The molecular formula is C18H22N4O5. The van der Waals surface area contributed by atoms with Crippen molar-refractivity contribution in [3.63, 3.8) is 0 Å². The van der Waals surface area contributed by atoms with Gasteiger partial charge >= 0.3 is 5.69 Å². The lowest BCUT2D eigenvalue weighted by Crippen LogP contribution is -2.41. The van der Waals surface area contributed by atoms with E-state index in [0.717, 1.165) is 4.57 Å². The minimum Gasteiger partial charge on any atom is -0.383 e. The molecule has 3 rings (SSSR count).